The Kier molecular flexibility index (Phi) is 4.10. The highest BCUT2D eigenvalue weighted by molar-refractivity contribution is 5.71. The minimum atomic E-state index is -0.912. The molecule has 1 fully saturated rings. The largest absolute Gasteiger partial charge is 0.436 e. The van der Waals surface area contributed by atoms with E-state index in [1.54, 1.807) is 0 Å². The average molecular weight is 263 g/mol. The minimum Gasteiger partial charge on any atom is -0.436 e. The zero-order valence-corrected chi connectivity index (χ0v) is 11.7. The molecule has 2 unspecified atom stereocenters. The van der Waals surface area contributed by atoms with Gasteiger partial charge in [0, 0.05) is 11.6 Å². The lowest BCUT2D eigenvalue weighted by Crippen LogP contribution is -2.39. The quantitative estimate of drug-likeness (QED) is 0.908. The van der Waals surface area contributed by atoms with Crippen LogP contribution in [0.4, 0.5) is 4.79 Å². The fourth-order valence-corrected chi connectivity index (χ4v) is 2.53. The number of benzene rings is 1. The number of aliphatic hydroxyl groups is 1. The summed E-state index contributed by atoms with van der Waals surface area (Å²) in [6.07, 6.45) is -0.0118. The van der Waals surface area contributed by atoms with Gasteiger partial charge in [0.05, 0.1) is 0 Å². The molecule has 1 heterocycles. The molecule has 4 nitrogen and oxygen atoms in total. The van der Waals surface area contributed by atoms with Crippen molar-refractivity contribution in [3.8, 4) is 0 Å². The number of cyclic esters (lactones) is 1. The maximum absolute atomic E-state index is 11.8. The van der Waals surface area contributed by atoms with E-state index in [0.29, 0.717) is 0 Å². The molecule has 1 saturated heterocycles. The molecule has 1 aromatic rings. The van der Waals surface area contributed by atoms with Crippen LogP contribution in [0.25, 0.3) is 0 Å². The Bertz CT molecular complexity index is 458. The van der Waals surface area contributed by atoms with Gasteiger partial charge in [-0.15, -0.1) is 0 Å². The number of amides is 1. The van der Waals surface area contributed by atoms with Gasteiger partial charge in [-0.3, -0.25) is 4.90 Å². The summed E-state index contributed by atoms with van der Waals surface area (Å²) in [5.74, 6) is 0. The Labute approximate surface area is 114 Å². The number of hydrogen-bond donors (Lipinski definition) is 1. The van der Waals surface area contributed by atoms with Crippen LogP contribution in [0.3, 0.4) is 0 Å². The Hall–Kier alpha value is -1.55. The molecule has 0 spiro atoms. The van der Waals surface area contributed by atoms with Gasteiger partial charge in [0.2, 0.25) is 0 Å². The molecule has 2 rings (SSSR count). The van der Waals surface area contributed by atoms with E-state index in [-0.39, 0.29) is 6.04 Å². The third kappa shape index (κ3) is 2.59. The van der Waals surface area contributed by atoms with Crippen LogP contribution in [0, 0.1) is 0 Å². The first-order chi connectivity index (χ1) is 9.06. The second-order valence-electron chi connectivity index (χ2n) is 5.17. The van der Waals surface area contributed by atoms with Crippen LogP contribution in [0.5, 0.6) is 0 Å². The molecule has 1 aromatic carbocycles. The van der Waals surface area contributed by atoms with Gasteiger partial charge < -0.3 is 9.84 Å². The summed E-state index contributed by atoms with van der Waals surface area (Å²) < 4.78 is 5.36. The summed E-state index contributed by atoms with van der Waals surface area (Å²) in [5.41, 5.74) is 2.04. The number of hydrogen-bond acceptors (Lipinski definition) is 3. The van der Waals surface area contributed by atoms with Gasteiger partial charge in [-0.1, -0.05) is 37.6 Å². The minimum absolute atomic E-state index is 0.0779. The van der Waals surface area contributed by atoms with E-state index < -0.39 is 18.4 Å². The van der Waals surface area contributed by atoms with Crippen molar-refractivity contribution < 1.29 is 14.6 Å². The molecule has 1 N–H and O–H groups in total. The lowest BCUT2D eigenvalue weighted by molar-refractivity contribution is 0.00265. The van der Waals surface area contributed by atoms with Crippen molar-refractivity contribution in [2.24, 2.45) is 0 Å². The fraction of sp³-hybridized carbons (Fsp3) is 0.533. The molecule has 19 heavy (non-hydrogen) atoms. The van der Waals surface area contributed by atoms with Crippen molar-refractivity contribution >= 4 is 6.09 Å². The van der Waals surface area contributed by atoms with E-state index >= 15 is 0 Å². The van der Waals surface area contributed by atoms with E-state index in [0.717, 1.165) is 24.0 Å². The maximum atomic E-state index is 11.8. The smallest absolute Gasteiger partial charge is 0.412 e. The number of rotatable bonds is 4. The van der Waals surface area contributed by atoms with Crippen LogP contribution >= 0.6 is 0 Å². The highest BCUT2D eigenvalue weighted by Crippen LogP contribution is 2.34. The standard InChI is InChI=1S/C15H21NO3/c1-4-7-11-8-5-6-9-12(11)13-14(17)16(10(2)3)15(18)19-13/h5-6,8-10,13-14,17H,4,7H2,1-3H3. The Morgan fingerprint density at radius 2 is 2.05 bits per heavy atom. The van der Waals surface area contributed by atoms with Crippen LogP contribution in [0.1, 0.15) is 44.4 Å². The highest BCUT2D eigenvalue weighted by Gasteiger charge is 2.43. The Balaban J connectivity index is 2.30. The molecular weight excluding hydrogens is 242 g/mol. The number of nitrogens with zero attached hydrogens (tertiary/aromatic N) is 1. The molecule has 1 aliphatic rings. The zero-order valence-electron chi connectivity index (χ0n) is 11.7. The van der Waals surface area contributed by atoms with Gasteiger partial charge in [-0.25, -0.2) is 4.79 Å². The molecule has 0 saturated carbocycles. The summed E-state index contributed by atoms with van der Waals surface area (Å²) in [4.78, 5) is 13.2. The summed E-state index contributed by atoms with van der Waals surface area (Å²) in [7, 11) is 0. The Morgan fingerprint density at radius 1 is 1.37 bits per heavy atom. The normalized spacial score (nSPS) is 23.0. The van der Waals surface area contributed by atoms with E-state index in [1.807, 2.05) is 38.1 Å². The van der Waals surface area contributed by atoms with Gasteiger partial charge in [-0.05, 0) is 25.8 Å². The topological polar surface area (TPSA) is 49.8 Å². The molecule has 0 radical (unpaired) electrons. The van der Waals surface area contributed by atoms with Crippen molar-refractivity contribution in [1.82, 2.24) is 4.90 Å². The summed E-state index contributed by atoms with van der Waals surface area (Å²) >= 11 is 0. The molecule has 1 aliphatic heterocycles. The second kappa shape index (κ2) is 5.61. The third-order valence-electron chi connectivity index (χ3n) is 3.43. The first-order valence-corrected chi connectivity index (χ1v) is 6.81. The van der Waals surface area contributed by atoms with Gasteiger partial charge in [-0.2, -0.15) is 0 Å². The lowest BCUT2D eigenvalue weighted by Gasteiger charge is -2.23. The summed E-state index contributed by atoms with van der Waals surface area (Å²) in [6.45, 7) is 5.84. The zero-order chi connectivity index (χ0) is 14.0. The predicted octanol–water partition coefficient (Wildman–Crippen LogP) is 2.86. The molecular formula is C15H21NO3. The van der Waals surface area contributed by atoms with Crippen LogP contribution in [-0.4, -0.2) is 28.4 Å². The molecule has 0 bridgehead atoms. The molecule has 0 aliphatic carbocycles. The lowest BCUT2D eigenvalue weighted by atomic mass is 9.98. The van der Waals surface area contributed by atoms with Gasteiger partial charge in [0.1, 0.15) is 0 Å². The van der Waals surface area contributed by atoms with E-state index in [2.05, 4.69) is 6.92 Å². The Morgan fingerprint density at radius 3 is 2.63 bits per heavy atom. The van der Waals surface area contributed by atoms with Gasteiger partial charge in [0.15, 0.2) is 12.3 Å². The van der Waals surface area contributed by atoms with E-state index in [1.165, 1.54) is 4.90 Å². The van der Waals surface area contributed by atoms with Crippen molar-refractivity contribution in [3.63, 3.8) is 0 Å². The summed E-state index contributed by atoms with van der Waals surface area (Å²) in [6, 6.07) is 7.75. The van der Waals surface area contributed by atoms with Crippen molar-refractivity contribution in [2.45, 2.75) is 52.0 Å². The molecule has 2 atom stereocenters. The second-order valence-corrected chi connectivity index (χ2v) is 5.17. The first kappa shape index (κ1) is 13.9. The van der Waals surface area contributed by atoms with Crippen LogP contribution in [0.15, 0.2) is 24.3 Å². The molecule has 4 heteroatoms. The van der Waals surface area contributed by atoms with Crippen molar-refractivity contribution in [3.05, 3.63) is 35.4 Å². The number of carbonyl (C=O) groups excluding carboxylic acids is 1. The maximum Gasteiger partial charge on any atom is 0.412 e. The fourth-order valence-electron chi connectivity index (χ4n) is 2.53. The molecule has 1 amide bonds. The van der Waals surface area contributed by atoms with Crippen LogP contribution < -0.4 is 0 Å². The van der Waals surface area contributed by atoms with Gasteiger partial charge >= 0.3 is 6.09 Å². The number of carbonyl (C=O) groups is 1. The van der Waals surface area contributed by atoms with E-state index in [9.17, 15) is 9.90 Å². The highest BCUT2D eigenvalue weighted by atomic mass is 16.6. The van der Waals surface area contributed by atoms with Crippen molar-refractivity contribution in [1.29, 1.82) is 0 Å². The van der Waals surface area contributed by atoms with Gasteiger partial charge in [0.25, 0.3) is 0 Å². The first-order valence-electron chi connectivity index (χ1n) is 6.81. The average Bonchev–Trinajstić information content (AvgIpc) is 2.66. The van der Waals surface area contributed by atoms with Crippen LogP contribution in [0.2, 0.25) is 0 Å². The third-order valence-corrected chi connectivity index (χ3v) is 3.43. The number of aryl methyl sites for hydroxylation is 1. The number of aliphatic hydroxyl groups excluding tert-OH is 1. The SMILES string of the molecule is CCCc1ccccc1C1OC(=O)N(C(C)C)C1O. The van der Waals surface area contributed by atoms with E-state index in [4.69, 9.17) is 4.74 Å². The predicted molar refractivity (Wildman–Crippen MR) is 72.6 cm³/mol. The molecule has 104 valence electrons. The van der Waals surface area contributed by atoms with Crippen LogP contribution in [-0.2, 0) is 11.2 Å². The summed E-state index contributed by atoms with van der Waals surface area (Å²) in [5, 5.41) is 10.3. The monoisotopic (exact) mass is 263 g/mol. The molecule has 0 aromatic heterocycles. The number of ether oxygens (including phenoxy) is 1. The van der Waals surface area contributed by atoms with Crippen molar-refractivity contribution in [2.75, 3.05) is 0 Å².